The number of hydrogen-bond donors (Lipinski definition) is 6. The lowest BCUT2D eigenvalue weighted by atomic mass is 9.86. The number of aromatic nitrogens is 9. The summed E-state index contributed by atoms with van der Waals surface area (Å²) in [5.74, 6) is -1.15. The fourth-order valence-electron chi connectivity index (χ4n) is 6.39. The molecule has 0 unspecified atom stereocenters. The van der Waals surface area contributed by atoms with Crippen LogP contribution in [-0.4, -0.2) is 94.4 Å². The van der Waals surface area contributed by atoms with Crippen molar-refractivity contribution in [3.8, 4) is 0 Å². The highest BCUT2D eigenvalue weighted by molar-refractivity contribution is 5.25. The summed E-state index contributed by atoms with van der Waals surface area (Å²) in [4.78, 5) is 34.0. The van der Waals surface area contributed by atoms with Crippen LogP contribution in [0.3, 0.4) is 0 Å². The fraction of sp³-hybridized carbons (Fsp3) is 0.441. The van der Waals surface area contributed by atoms with Crippen molar-refractivity contribution < 1.29 is 39.2 Å². The first-order chi connectivity index (χ1) is 25.8. The number of nitrogen functional groups attached to an aromatic ring is 1. The van der Waals surface area contributed by atoms with Crippen LogP contribution >= 0.6 is 0 Å². The van der Waals surface area contributed by atoms with Crippen LogP contribution in [0.2, 0.25) is 0 Å². The molecule has 0 radical (unpaired) electrons. The number of aliphatic hydroxyl groups excluding tert-OH is 3. The molecule has 7 N–H and O–H groups in total. The van der Waals surface area contributed by atoms with Crippen molar-refractivity contribution >= 4 is 5.82 Å². The highest BCUT2D eigenvalue weighted by Crippen LogP contribution is 2.32. The fourth-order valence-corrected chi connectivity index (χ4v) is 6.39. The zero-order valence-corrected chi connectivity index (χ0v) is 29.2. The van der Waals surface area contributed by atoms with Crippen LogP contribution in [-0.2, 0) is 23.4 Å². The van der Waals surface area contributed by atoms with E-state index in [2.05, 4.69) is 25.1 Å². The van der Waals surface area contributed by atoms with Gasteiger partial charge in [0.1, 0.15) is 66.7 Å². The Morgan fingerprint density at radius 1 is 0.944 bits per heavy atom. The summed E-state index contributed by atoms with van der Waals surface area (Å²) in [7, 11) is 0. The second-order valence-electron chi connectivity index (χ2n) is 13.1. The average Bonchev–Trinajstić information content (AvgIpc) is 3.91. The minimum atomic E-state index is -1.70. The number of halogens is 2. The van der Waals surface area contributed by atoms with Gasteiger partial charge in [-0.2, -0.15) is 19.9 Å². The zero-order valence-electron chi connectivity index (χ0n) is 29.2. The molecule has 1 saturated carbocycles. The highest BCUT2D eigenvalue weighted by Gasteiger charge is 2.43. The first-order valence-electron chi connectivity index (χ1n) is 17.0. The number of pyridine rings is 1. The summed E-state index contributed by atoms with van der Waals surface area (Å²) >= 11 is 0. The standard InChI is InChI=1S/C13H12F2N6O.C12H17NO2.C9H13N3O5/c14-10-1-2-11(12(15)3-10)13(22,4-20-8-16-6-18-20)5-21-9-17-7-19-21;1-9-7-11(13(15)12(14)8-9)10-5-3-2-4-6-10;10-5-1-2-12(9(16)11-5)8-7(15)6(14)4(3-13)17-8/h1-3,6-9,22H,4-5H2;7-8,10,15H,2-6H2,1H3;1-2,4,6-8,13-15H,3H2,(H2,10,11,16)/t;;4-,6-,7+,8-/m..1/s1. The third kappa shape index (κ3) is 9.57. The summed E-state index contributed by atoms with van der Waals surface area (Å²) in [5, 5.41) is 56.6. The first-order valence-corrected chi connectivity index (χ1v) is 17.0. The minimum Gasteiger partial charge on any atom is -0.425 e. The number of nitrogens with zero attached hydrogens (tertiary/aromatic N) is 9. The molecule has 54 heavy (non-hydrogen) atoms. The molecular formula is C34H42F2N10O8. The SMILES string of the molecule is Cc1cc(C2CCCCC2)n(O)c(=O)c1.Nc1ccn([C@@H]2O[C@H](CO)[C@@H](O)[C@@H]2O)c(=O)n1.OC(Cn1cncn1)(Cn1cncn1)c1ccc(F)cc1F. The molecule has 0 spiro atoms. The van der Waals surface area contributed by atoms with Gasteiger partial charge in [-0.15, -0.1) is 0 Å². The van der Waals surface area contributed by atoms with Gasteiger partial charge in [-0.1, -0.05) is 25.3 Å². The summed E-state index contributed by atoms with van der Waals surface area (Å²) in [6.07, 6.45) is 7.98. The van der Waals surface area contributed by atoms with Crippen LogP contribution in [0.4, 0.5) is 14.6 Å². The van der Waals surface area contributed by atoms with Crippen molar-refractivity contribution in [3.63, 3.8) is 0 Å². The van der Waals surface area contributed by atoms with Crippen LogP contribution in [0, 0.1) is 18.6 Å². The number of ether oxygens (including phenoxy) is 1. The molecule has 2 fully saturated rings. The molecule has 1 saturated heterocycles. The summed E-state index contributed by atoms with van der Waals surface area (Å²) in [6, 6.07) is 7.79. The lowest BCUT2D eigenvalue weighted by Gasteiger charge is -2.28. The number of benzene rings is 1. The molecule has 0 bridgehead atoms. The van der Waals surface area contributed by atoms with Gasteiger partial charge in [-0.25, -0.2) is 32.9 Å². The van der Waals surface area contributed by atoms with Crippen molar-refractivity contribution in [2.75, 3.05) is 12.3 Å². The maximum absolute atomic E-state index is 14.1. The van der Waals surface area contributed by atoms with E-state index in [1.165, 1.54) is 78.3 Å². The van der Waals surface area contributed by atoms with Gasteiger partial charge in [-0.3, -0.25) is 9.36 Å². The Balaban J connectivity index is 0.000000159. The van der Waals surface area contributed by atoms with Crippen molar-refractivity contribution in [3.05, 3.63) is 117 Å². The van der Waals surface area contributed by atoms with E-state index in [0.29, 0.717) is 5.92 Å². The Kier molecular flexibility index (Phi) is 13.0. The van der Waals surface area contributed by atoms with Gasteiger partial charge in [0.25, 0.3) is 5.56 Å². The molecule has 4 aromatic heterocycles. The number of aliphatic hydroxyl groups is 4. The molecule has 20 heteroatoms. The van der Waals surface area contributed by atoms with E-state index >= 15 is 0 Å². The molecule has 2 aliphatic rings. The summed E-state index contributed by atoms with van der Waals surface area (Å²) in [5.41, 5.74) is 4.30. The van der Waals surface area contributed by atoms with E-state index in [-0.39, 0.29) is 30.0 Å². The van der Waals surface area contributed by atoms with E-state index in [9.17, 15) is 38.9 Å². The van der Waals surface area contributed by atoms with Gasteiger partial charge >= 0.3 is 5.69 Å². The van der Waals surface area contributed by atoms with E-state index in [1.807, 2.05) is 13.0 Å². The molecule has 1 aromatic carbocycles. The lowest BCUT2D eigenvalue weighted by Crippen LogP contribution is -2.37. The topological polar surface area (TPSA) is 255 Å². The smallest absolute Gasteiger partial charge is 0.351 e. The number of hydrogen-bond acceptors (Lipinski definition) is 14. The molecule has 5 aromatic rings. The minimum absolute atomic E-state index is 0.0537. The van der Waals surface area contributed by atoms with Crippen LogP contribution in [0.25, 0.3) is 0 Å². The molecular weight excluding hydrogens is 714 g/mol. The third-order valence-electron chi connectivity index (χ3n) is 9.06. The second kappa shape index (κ2) is 17.6. The molecule has 4 atom stereocenters. The zero-order chi connectivity index (χ0) is 39.0. The third-order valence-corrected chi connectivity index (χ3v) is 9.06. The Hall–Kier alpha value is -5.41. The van der Waals surface area contributed by atoms with Gasteiger partial charge in [0.2, 0.25) is 0 Å². The Morgan fingerprint density at radius 3 is 2.13 bits per heavy atom. The molecule has 5 heterocycles. The molecule has 7 rings (SSSR count). The quantitative estimate of drug-likeness (QED) is 0.119. The van der Waals surface area contributed by atoms with E-state index < -0.39 is 54.1 Å². The molecule has 18 nitrogen and oxygen atoms in total. The van der Waals surface area contributed by atoms with Crippen molar-refractivity contribution in [2.24, 2.45) is 0 Å². The normalized spacial score (nSPS) is 20.1. The maximum Gasteiger partial charge on any atom is 0.351 e. The van der Waals surface area contributed by atoms with E-state index in [1.54, 1.807) is 0 Å². The molecule has 1 aliphatic carbocycles. The predicted molar refractivity (Wildman–Crippen MR) is 185 cm³/mol. The van der Waals surface area contributed by atoms with Gasteiger partial charge in [0, 0.05) is 29.8 Å². The van der Waals surface area contributed by atoms with Crippen LogP contribution in [0.5, 0.6) is 0 Å². The average molecular weight is 757 g/mol. The number of nitrogens with two attached hydrogens (primary N) is 1. The molecule has 1 aliphatic heterocycles. The Labute approximate surface area is 306 Å². The Bertz CT molecular complexity index is 2040. The number of rotatable bonds is 8. The summed E-state index contributed by atoms with van der Waals surface area (Å²) in [6.45, 7) is 1.30. The van der Waals surface area contributed by atoms with Gasteiger partial charge < -0.3 is 36.1 Å². The highest BCUT2D eigenvalue weighted by atomic mass is 19.1. The van der Waals surface area contributed by atoms with Crippen LogP contribution < -0.4 is 17.0 Å². The monoisotopic (exact) mass is 756 g/mol. The van der Waals surface area contributed by atoms with Crippen molar-refractivity contribution in [1.82, 2.24) is 43.8 Å². The lowest BCUT2D eigenvalue weighted by molar-refractivity contribution is -0.0549. The number of aryl methyl sites for hydroxylation is 1. The molecule has 0 amide bonds. The van der Waals surface area contributed by atoms with E-state index in [4.69, 9.17) is 15.6 Å². The maximum atomic E-state index is 14.1. The predicted octanol–water partition coefficient (Wildman–Crippen LogP) is 0.615. The summed E-state index contributed by atoms with van der Waals surface area (Å²) < 4.78 is 37.0. The van der Waals surface area contributed by atoms with Crippen molar-refractivity contribution in [1.29, 1.82) is 0 Å². The van der Waals surface area contributed by atoms with Crippen LogP contribution in [0.1, 0.15) is 61.1 Å². The molecule has 290 valence electrons. The van der Waals surface area contributed by atoms with Crippen molar-refractivity contribution in [2.45, 2.75) is 88.2 Å². The largest absolute Gasteiger partial charge is 0.425 e. The van der Waals surface area contributed by atoms with Gasteiger partial charge in [0.15, 0.2) is 6.23 Å². The first kappa shape index (κ1) is 39.8. The number of anilines is 1. The van der Waals surface area contributed by atoms with Crippen LogP contribution in [0.15, 0.2) is 77.5 Å². The van der Waals surface area contributed by atoms with Gasteiger partial charge in [-0.05, 0) is 43.5 Å². The Morgan fingerprint density at radius 2 is 1.59 bits per heavy atom. The second-order valence-corrected chi connectivity index (χ2v) is 13.1. The van der Waals surface area contributed by atoms with E-state index in [0.717, 1.165) is 45.5 Å². The van der Waals surface area contributed by atoms with Gasteiger partial charge in [0.05, 0.1) is 25.4 Å².